The van der Waals surface area contributed by atoms with Gasteiger partial charge in [0.15, 0.2) is 6.29 Å². The Hall–Kier alpha value is -4.48. The number of aliphatic hydroxyl groups is 1. The van der Waals surface area contributed by atoms with Crippen LogP contribution in [-0.2, 0) is 22.6 Å². The van der Waals surface area contributed by atoms with Gasteiger partial charge in [0.25, 0.3) is 11.8 Å². The number of fused-ring (bicyclic) bond motifs is 1. The van der Waals surface area contributed by atoms with E-state index in [1.807, 2.05) is 54.6 Å². The van der Waals surface area contributed by atoms with Crippen molar-refractivity contribution in [1.82, 2.24) is 19.8 Å². The first-order valence-corrected chi connectivity index (χ1v) is 15.3. The molecule has 2 amide bonds. The first kappa shape index (κ1) is 29.2. The molecule has 3 atom stereocenters. The van der Waals surface area contributed by atoms with Gasteiger partial charge in [-0.1, -0.05) is 60.7 Å². The van der Waals surface area contributed by atoms with Crippen LogP contribution in [0.3, 0.4) is 0 Å². The number of benzene rings is 3. The third-order valence-electron chi connectivity index (χ3n) is 8.75. The summed E-state index contributed by atoms with van der Waals surface area (Å²) >= 11 is 0. The van der Waals surface area contributed by atoms with Crippen LogP contribution >= 0.6 is 0 Å². The maximum absolute atomic E-state index is 12.9. The highest BCUT2D eigenvalue weighted by Gasteiger charge is 2.36. The number of ether oxygens (including phenoxy) is 2. The van der Waals surface area contributed by atoms with Gasteiger partial charge in [0.05, 0.1) is 36.5 Å². The fraction of sp³-hybridized carbons (Fsp3) is 0.314. The molecule has 4 heterocycles. The van der Waals surface area contributed by atoms with Crippen LogP contribution in [0, 0.1) is 0 Å². The summed E-state index contributed by atoms with van der Waals surface area (Å²) in [4.78, 5) is 40.4. The van der Waals surface area contributed by atoms with Gasteiger partial charge < -0.3 is 19.5 Å². The smallest absolute Gasteiger partial charge is 0.261 e. The third kappa shape index (κ3) is 6.23. The second-order valence-corrected chi connectivity index (χ2v) is 11.7. The quantitative estimate of drug-likeness (QED) is 0.297. The van der Waals surface area contributed by atoms with E-state index in [-0.39, 0.29) is 37.2 Å². The van der Waals surface area contributed by atoms with Crippen molar-refractivity contribution in [3.8, 4) is 0 Å². The lowest BCUT2D eigenvalue weighted by Crippen LogP contribution is -2.50. The molecule has 0 radical (unpaired) electrons. The topological polar surface area (TPSA) is 108 Å². The van der Waals surface area contributed by atoms with Gasteiger partial charge in [0, 0.05) is 57.1 Å². The Labute approximate surface area is 261 Å². The van der Waals surface area contributed by atoms with Crippen LogP contribution in [0.1, 0.15) is 61.8 Å². The van der Waals surface area contributed by atoms with Crippen LogP contribution in [0.4, 0.5) is 5.95 Å². The zero-order chi connectivity index (χ0) is 30.8. The molecule has 0 unspecified atom stereocenters. The molecule has 0 spiro atoms. The molecular weight excluding hydrogens is 570 g/mol. The summed E-state index contributed by atoms with van der Waals surface area (Å²) in [6, 6.07) is 24.4. The average molecular weight is 606 g/mol. The number of hydrogen-bond donors (Lipinski definition) is 1. The van der Waals surface area contributed by atoms with Crippen LogP contribution in [0.25, 0.3) is 0 Å². The van der Waals surface area contributed by atoms with Crippen molar-refractivity contribution in [2.24, 2.45) is 0 Å². The number of carbonyl (C=O) groups is 2. The Morgan fingerprint density at radius 2 is 1.36 bits per heavy atom. The first-order valence-electron chi connectivity index (χ1n) is 15.3. The minimum Gasteiger partial charge on any atom is -0.392 e. The molecule has 4 aromatic rings. The minimum absolute atomic E-state index is 0.00672. The van der Waals surface area contributed by atoms with Gasteiger partial charge in [-0.3, -0.25) is 19.4 Å². The molecule has 2 saturated heterocycles. The van der Waals surface area contributed by atoms with Crippen LogP contribution < -0.4 is 4.90 Å². The van der Waals surface area contributed by atoms with Crippen molar-refractivity contribution in [3.05, 3.63) is 125 Å². The number of hydrogen-bond acceptors (Lipinski definition) is 9. The Bertz CT molecular complexity index is 1610. The zero-order valence-electron chi connectivity index (χ0n) is 24.9. The Balaban J connectivity index is 1.04. The average Bonchev–Trinajstić information content (AvgIpc) is 3.34. The van der Waals surface area contributed by atoms with Crippen LogP contribution in [0.15, 0.2) is 91.3 Å². The van der Waals surface area contributed by atoms with E-state index in [0.717, 1.165) is 60.9 Å². The van der Waals surface area contributed by atoms with Crippen molar-refractivity contribution in [2.45, 2.75) is 38.1 Å². The van der Waals surface area contributed by atoms with Crippen molar-refractivity contribution < 1.29 is 24.2 Å². The molecule has 1 aromatic heterocycles. The van der Waals surface area contributed by atoms with E-state index in [4.69, 9.17) is 9.47 Å². The standard InChI is InChI=1S/C35H35N5O5/c41-23-25-8-10-26(11-9-25)31-20-28(22-38-16-18-39(19-17-38)35-36-14-3-15-37-35)44-34(45-31)27-12-6-24(7-13-27)21-40-32(42)29-4-1-2-5-30(29)33(40)43/h1-15,28,31,34,41H,16-23H2/t28-,31+,34+/m1/s1. The molecule has 3 aliphatic heterocycles. The van der Waals surface area contributed by atoms with Crippen LogP contribution in [0.5, 0.6) is 0 Å². The van der Waals surface area contributed by atoms with E-state index in [0.29, 0.717) is 17.5 Å². The minimum atomic E-state index is -0.585. The molecule has 10 nitrogen and oxygen atoms in total. The van der Waals surface area contributed by atoms with Crippen LogP contribution in [-0.4, -0.2) is 75.5 Å². The molecule has 230 valence electrons. The second-order valence-electron chi connectivity index (χ2n) is 11.7. The number of piperazine rings is 1. The normalized spacial score (nSPS) is 22.1. The number of amides is 2. The van der Waals surface area contributed by atoms with Gasteiger partial charge in [0.2, 0.25) is 5.95 Å². The molecule has 1 N–H and O–H groups in total. The largest absolute Gasteiger partial charge is 0.392 e. The van der Waals surface area contributed by atoms with E-state index < -0.39 is 6.29 Å². The number of imide groups is 1. The summed E-state index contributed by atoms with van der Waals surface area (Å²) in [6.07, 6.45) is 3.42. The number of aliphatic hydroxyl groups excluding tert-OH is 1. The summed E-state index contributed by atoms with van der Waals surface area (Å²) in [7, 11) is 0. The summed E-state index contributed by atoms with van der Waals surface area (Å²) in [5.74, 6) is 0.222. The fourth-order valence-corrected chi connectivity index (χ4v) is 6.25. The van der Waals surface area contributed by atoms with E-state index in [1.54, 1.807) is 36.7 Å². The van der Waals surface area contributed by atoms with Gasteiger partial charge in [-0.25, -0.2) is 9.97 Å². The summed E-state index contributed by atoms with van der Waals surface area (Å²) in [5, 5.41) is 9.52. The SMILES string of the molecule is O=C1c2ccccc2C(=O)N1Cc1ccc([C@H]2O[C@@H](CN3CCN(c4ncccn4)CC3)C[C@@H](c3ccc(CO)cc3)O2)cc1. The molecular formula is C35H35N5O5. The summed E-state index contributed by atoms with van der Waals surface area (Å²) in [6.45, 7) is 4.41. The Morgan fingerprint density at radius 1 is 0.733 bits per heavy atom. The van der Waals surface area contributed by atoms with E-state index in [2.05, 4.69) is 19.8 Å². The summed E-state index contributed by atoms with van der Waals surface area (Å²) in [5.41, 5.74) is 4.50. The van der Waals surface area contributed by atoms with E-state index >= 15 is 0 Å². The second kappa shape index (κ2) is 12.9. The predicted molar refractivity (Wildman–Crippen MR) is 166 cm³/mol. The monoisotopic (exact) mass is 605 g/mol. The lowest BCUT2D eigenvalue weighted by Gasteiger charge is -2.40. The number of carbonyl (C=O) groups excluding carboxylic acids is 2. The molecule has 0 saturated carbocycles. The van der Waals surface area contributed by atoms with E-state index in [9.17, 15) is 14.7 Å². The molecule has 2 fully saturated rings. The molecule has 45 heavy (non-hydrogen) atoms. The van der Waals surface area contributed by atoms with Crippen molar-refractivity contribution in [2.75, 3.05) is 37.6 Å². The van der Waals surface area contributed by atoms with Gasteiger partial charge in [-0.05, 0) is 34.9 Å². The lowest BCUT2D eigenvalue weighted by molar-refractivity contribution is -0.253. The zero-order valence-corrected chi connectivity index (χ0v) is 24.9. The molecule has 0 bridgehead atoms. The Morgan fingerprint density at radius 3 is 2.00 bits per heavy atom. The Kier molecular flexibility index (Phi) is 8.36. The number of aromatic nitrogens is 2. The molecule has 3 aromatic carbocycles. The molecule has 10 heteroatoms. The third-order valence-corrected chi connectivity index (χ3v) is 8.75. The van der Waals surface area contributed by atoms with Crippen molar-refractivity contribution in [1.29, 1.82) is 0 Å². The number of rotatable bonds is 8. The fourth-order valence-electron chi connectivity index (χ4n) is 6.25. The summed E-state index contributed by atoms with van der Waals surface area (Å²) < 4.78 is 13.1. The van der Waals surface area contributed by atoms with E-state index in [1.165, 1.54) is 4.90 Å². The van der Waals surface area contributed by atoms with Gasteiger partial charge in [-0.15, -0.1) is 0 Å². The molecule has 3 aliphatic rings. The van der Waals surface area contributed by atoms with Gasteiger partial charge >= 0.3 is 0 Å². The molecule has 7 rings (SSSR count). The van der Waals surface area contributed by atoms with Crippen LogP contribution in [0.2, 0.25) is 0 Å². The van der Waals surface area contributed by atoms with Gasteiger partial charge in [-0.2, -0.15) is 0 Å². The van der Waals surface area contributed by atoms with Crippen molar-refractivity contribution >= 4 is 17.8 Å². The maximum atomic E-state index is 12.9. The predicted octanol–water partition coefficient (Wildman–Crippen LogP) is 4.13. The molecule has 0 aliphatic carbocycles. The van der Waals surface area contributed by atoms with Crippen molar-refractivity contribution in [3.63, 3.8) is 0 Å². The lowest BCUT2D eigenvalue weighted by atomic mass is 9.99. The highest BCUT2D eigenvalue weighted by Crippen LogP contribution is 2.38. The maximum Gasteiger partial charge on any atom is 0.261 e. The van der Waals surface area contributed by atoms with Gasteiger partial charge in [0.1, 0.15) is 0 Å². The first-order chi connectivity index (χ1) is 22.1. The number of nitrogens with zero attached hydrogens (tertiary/aromatic N) is 5. The highest BCUT2D eigenvalue weighted by molar-refractivity contribution is 6.21. The number of anilines is 1. The highest BCUT2D eigenvalue weighted by atomic mass is 16.7.